The van der Waals surface area contributed by atoms with E-state index >= 15 is 0 Å². The van der Waals surface area contributed by atoms with Gasteiger partial charge in [-0.25, -0.2) is 13.4 Å². The summed E-state index contributed by atoms with van der Waals surface area (Å²) in [7, 11) is -3.77. The summed E-state index contributed by atoms with van der Waals surface area (Å²) in [5.74, 6) is -0.228. The van der Waals surface area contributed by atoms with Crippen LogP contribution in [0.4, 0.5) is 18.9 Å². The number of carbonyl (C=O) groups excluding carboxylic acids is 2. The first-order chi connectivity index (χ1) is 13.8. The first-order valence-electron chi connectivity index (χ1n) is 8.46. The van der Waals surface area contributed by atoms with E-state index in [1.165, 1.54) is 51.3 Å². The van der Waals surface area contributed by atoms with Gasteiger partial charge in [0.1, 0.15) is 0 Å². The maximum atomic E-state index is 12.4. The van der Waals surface area contributed by atoms with Gasteiger partial charge in [-0.15, -0.1) is 0 Å². The third-order valence-electron chi connectivity index (χ3n) is 2.81. The fourth-order valence-corrected chi connectivity index (χ4v) is 3.46. The molecule has 0 aliphatic heterocycles. The number of alkyl halides is 3. The van der Waals surface area contributed by atoms with Gasteiger partial charge in [0.15, 0.2) is 5.03 Å². The minimum absolute atomic E-state index is 0.0622. The van der Waals surface area contributed by atoms with Crippen molar-refractivity contribution >= 4 is 45.7 Å². The Labute approximate surface area is 179 Å². The summed E-state index contributed by atoms with van der Waals surface area (Å²) >= 11 is 5.79. The normalized spacial score (nSPS) is 12.0. The Morgan fingerprint density at radius 2 is 1.70 bits per heavy atom. The summed E-state index contributed by atoms with van der Waals surface area (Å²) < 4.78 is 57.9. The van der Waals surface area contributed by atoms with E-state index in [2.05, 4.69) is 16.0 Å². The van der Waals surface area contributed by atoms with Crippen molar-refractivity contribution in [2.45, 2.75) is 51.6 Å². The second-order valence-electron chi connectivity index (χ2n) is 5.44. The topological polar surface area (TPSA) is 119 Å². The van der Waals surface area contributed by atoms with Crippen LogP contribution in [-0.4, -0.2) is 33.1 Å². The van der Waals surface area contributed by atoms with Crippen molar-refractivity contribution in [3.8, 4) is 0 Å². The number of carbonyl (C=O) groups is 2. The highest BCUT2D eigenvalue weighted by atomic mass is 35.5. The van der Waals surface area contributed by atoms with Gasteiger partial charge in [0.25, 0.3) is 0 Å². The quantitative estimate of drug-likeness (QED) is 0.489. The highest BCUT2D eigenvalue weighted by molar-refractivity contribution is 7.95. The average molecular weight is 472 g/mol. The number of aliphatic imine (C=N–C) groups is 1. The summed E-state index contributed by atoms with van der Waals surface area (Å²) in [4.78, 5) is 23.4. The number of rotatable bonds is 5. The highest BCUT2D eigenvalue weighted by Crippen LogP contribution is 2.25. The van der Waals surface area contributed by atoms with Gasteiger partial charge in [-0.2, -0.15) is 13.2 Å². The summed E-state index contributed by atoms with van der Waals surface area (Å²) in [6.07, 6.45) is -2.81. The Bertz CT molecular complexity index is 833. The van der Waals surface area contributed by atoms with Crippen LogP contribution in [0.25, 0.3) is 0 Å². The lowest BCUT2D eigenvalue weighted by Gasteiger charge is -2.07. The maximum Gasteiger partial charge on any atom is 0.389 e. The van der Waals surface area contributed by atoms with E-state index < -0.39 is 22.4 Å². The second kappa shape index (κ2) is 14.6. The van der Waals surface area contributed by atoms with Gasteiger partial charge in [-0.3, -0.25) is 9.59 Å². The Balaban J connectivity index is 0. The third-order valence-corrected chi connectivity index (χ3v) is 4.92. The molecule has 0 spiro atoms. The number of benzene rings is 1. The molecule has 0 atom stereocenters. The molecule has 0 saturated carbocycles. The van der Waals surface area contributed by atoms with E-state index in [0.717, 1.165) is 0 Å². The van der Waals surface area contributed by atoms with Gasteiger partial charge >= 0.3 is 6.18 Å². The fourth-order valence-electron chi connectivity index (χ4n) is 1.78. The largest absolute Gasteiger partial charge is 0.389 e. The molecule has 0 aromatic heterocycles. The molecule has 30 heavy (non-hydrogen) atoms. The number of hydrogen-bond acceptors (Lipinski definition) is 5. The van der Waals surface area contributed by atoms with Crippen LogP contribution in [0.15, 0.2) is 44.2 Å². The predicted octanol–water partition coefficient (Wildman–Crippen LogP) is 4.39. The second-order valence-corrected chi connectivity index (χ2v) is 7.87. The molecule has 7 nitrogen and oxygen atoms in total. The van der Waals surface area contributed by atoms with Gasteiger partial charge < -0.3 is 11.1 Å². The van der Waals surface area contributed by atoms with E-state index in [1.54, 1.807) is 6.92 Å². The van der Waals surface area contributed by atoms with Gasteiger partial charge in [0, 0.05) is 25.2 Å². The molecule has 1 rings (SSSR count). The average Bonchev–Trinajstić information content (AvgIpc) is 2.59. The highest BCUT2D eigenvalue weighted by Gasteiger charge is 2.24. The molecule has 0 aliphatic carbocycles. The van der Waals surface area contributed by atoms with Crippen LogP contribution >= 0.6 is 11.6 Å². The summed E-state index contributed by atoms with van der Waals surface area (Å²) in [5, 5.41) is 2.46. The van der Waals surface area contributed by atoms with E-state index in [4.69, 9.17) is 16.4 Å². The van der Waals surface area contributed by atoms with Crippen LogP contribution in [0.2, 0.25) is 0 Å². The molecule has 0 radical (unpaired) electrons. The molecular weight excluding hydrogens is 447 g/mol. The molecule has 0 saturated heterocycles. The van der Waals surface area contributed by atoms with Gasteiger partial charge in [0.2, 0.25) is 22.2 Å². The zero-order valence-electron chi connectivity index (χ0n) is 17.0. The zero-order chi connectivity index (χ0) is 24.0. The number of sulfone groups is 1. The number of primary amides is 1. The molecule has 0 unspecified atom stereocenters. The number of nitrogens with one attached hydrogen (secondary N) is 1. The predicted molar refractivity (Wildman–Crippen MR) is 112 cm³/mol. The van der Waals surface area contributed by atoms with Crippen molar-refractivity contribution in [1.29, 1.82) is 0 Å². The van der Waals surface area contributed by atoms with Gasteiger partial charge in [-0.05, 0) is 44.5 Å². The molecule has 0 fully saturated rings. The Morgan fingerprint density at radius 1 is 1.23 bits per heavy atom. The van der Waals surface area contributed by atoms with Gasteiger partial charge in [0.05, 0.1) is 9.93 Å². The fraction of sp³-hybridized carbons (Fsp3) is 0.389. The monoisotopic (exact) mass is 471 g/mol. The molecule has 1 aromatic rings. The van der Waals surface area contributed by atoms with Crippen LogP contribution in [0.1, 0.15) is 40.5 Å². The molecule has 170 valence electrons. The lowest BCUT2D eigenvalue weighted by atomic mass is 10.3. The van der Waals surface area contributed by atoms with Crippen molar-refractivity contribution in [2.75, 3.05) is 5.32 Å². The number of nitrogens with two attached hydrogens (primary N) is 1. The Hall–Kier alpha value is -2.40. The maximum absolute atomic E-state index is 12.4. The lowest BCUT2D eigenvalue weighted by Crippen LogP contribution is -2.07. The van der Waals surface area contributed by atoms with Crippen LogP contribution in [-0.2, 0) is 19.4 Å². The van der Waals surface area contributed by atoms with Crippen molar-refractivity contribution in [1.82, 2.24) is 0 Å². The van der Waals surface area contributed by atoms with E-state index in [9.17, 15) is 26.4 Å². The Kier molecular flexibility index (Phi) is 14.5. The molecule has 12 heteroatoms. The van der Waals surface area contributed by atoms with Crippen molar-refractivity contribution in [3.63, 3.8) is 0 Å². The summed E-state index contributed by atoms with van der Waals surface area (Å²) in [6, 6.07) is 5.80. The van der Waals surface area contributed by atoms with E-state index in [-0.39, 0.29) is 33.7 Å². The summed E-state index contributed by atoms with van der Waals surface area (Å²) in [5.41, 5.74) is 4.68. The molecule has 1 aromatic carbocycles. The lowest BCUT2D eigenvalue weighted by molar-refractivity contribution is -0.134. The first kappa shape index (κ1) is 29.8. The number of halogens is 4. The number of allylic oxidation sites excluding steroid dienone is 1. The van der Waals surface area contributed by atoms with Gasteiger partial charge in [-0.1, -0.05) is 18.5 Å². The van der Waals surface area contributed by atoms with E-state index in [0.29, 0.717) is 5.69 Å². The van der Waals surface area contributed by atoms with Crippen molar-refractivity contribution in [3.05, 3.63) is 34.3 Å². The zero-order valence-corrected chi connectivity index (χ0v) is 18.5. The molecule has 0 bridgehead atoms. The molecular formula is C18H25ClF3N3O4S. The third kappa shape index (κ3) is 12.9. The van der Waals surface area contributed by atoms with Crippen LogP contribution < -0.4 is 11.1 Å². The molecule has 2 amide bonds. The van der Waals surface area contributed by atoms with Crippen molar-refractivity contribution in [2.24, 2.45) is 10.7 Å². The SMILES string of the molecule is C/C=N\C(=C(/C)Cl)S(=O)(=O)c1ccc(NC(C)=O)cc1.CCCC(F)(F)F.NC=O. The minimum atomic E-state index is -3.95. The van der Waals surface area contributed by atoms with Crippen molar-refractivity contribution < 1.29 is 31.2 Å². The molecule has 3 N–H and O–H groups in total. The number of nitrogens with zero attached hydrogens (tertiary/aromatic N) is 1. The molecule has 0 aliphatic rings. The Morgan fingerprint density at radius 3 is 1.97 bits per heavy atom. The van der Waals surface area contributed by atoms with Crippen LogP contribution in [0.3, 0.4) is 0 Å². The smallest absolute Gasteiger partial charge is 0.372 e. The molecule has 0 heterocycles. The van der Waals surface area contributed by atoms with E-state index in [1.807, 2.05) is 0 Å². The number of hydrogen-bond donors (Lipinski definition) is 2. The van der Waals surface area contributed by atoms with Crippen LogP contribution in [0.5, 0.6) is 0 Å². The standard InChI is InChI=1S/C13H15ClN2O3S.C4H7F3.CH3NO/c1-4-15-13(9(2)14)20(18,19)12-7-5-11(6-8-12)16-10(3)17;1-2-3-4(5,6)7;2-1-3/h4-8H,1-3H3,(H,16,17);2-3H2,1H3;1H,(H2,2,3)/b13-9-,15-4-;;. The summed E-state index contributed by atoms with van der Waals surface area (Å²) in [6.45, 7) is 5.95. The van der Waals surface area contributed by atoms with Crippen LogP contribution in [0, 0.1) is 0 Å². The first-order valence-corrected chi connectivity index (χ1v) is 10.3. The number of anilines is 1. The minimum Gasteiger partial charge on any atom is -0.372 e. The number of amides is 2.